The van der Waals surface area contributed by atoms with Gasteiger partial charge in [0.2, 0.25) is 5.91 Å². The molecule has 4 nitrogen and oxygen atoms in total. The summed E-state index contributed by atoms with van der Waals surface area (Å²) in [5.74, 6) is 2.03. The number of terminal acetylenes is 1. The molecule has 0 aliphatic heterocycles. The van der Waals surface area contributed by atoms with E-state index in [0.29, 0.717) is 30.0 Å². The molecule has 0 bridgehead atoms. The normalized spacial score (nSPS) is 9.47. The lowest BCUT2D eigenvalue weighted by Gasteiger charge is -2.05. The van der Waals surface area contributed by atoms with E-state index in [-0.39, 0.29) is 18.4 Å². The van der Waals surface area contributed by atoms with Gasteiger partial charge in [0.25, 0.3) is 5.91 Å². The number of halogens is 1. The van der Waals surface area contributed by atoms with Crippen molar-refractivity contribution in [2.24, 2.45) is 0 Å². The van der Waals surface area contributed by atoms with Crippen molar-refractivity contribution in [3.05, 3.63) is 34.9 Å². The molecule has 0 radical (unpaired) electrons. The summed E-state index contributed by atoms with van der Waals surface area (Å²) in [4.78, 5) is 22.9. The molecular weight excluding hydrogens is 264 g/mol. The second kappa shape index (κ2) is 8.17. The summed E-state index contributed by atoms with van der Waals surface area (Å²) in [5.41, 5.74) is 0.543. The number of hydrogen-bond acceptors (Lipinski definition) is 2. The zero-order valence-electron chi connectivity index (χ0n) is 10.4. The molecule has 0 aliphatic carbocycles. The number of benzene rings is 1. The van der Waals surface area contributed by atoms with Crippen molar-refractivity contribution in [1.82, 2.24) is 10.6 Å². The van der Waals surface area contributed by atoms with Gasteiger partial charge in [-0.2, -0.15) is 0 Å². The molecule has 1 rings (SSSR count). The first-order valence-corrected chi connectivity index (χ1v) is 6.25. The zero-order valence-corrected chi connectivity index (χ0v) is 11.2. The van der Waals surface area contributed by atoms with E-state index in [1.165, 1.54) is 0 Å². The molecule has 0 fully saturated rings. The molecule has 2 N–H and O–H groups in total. The van der Waals surface area contributed by atoms with Gasteiger partial charge in [-0.3, -0.25) is 9.59 Å². The highest BCUT2D eigenvalue weighted by Gasteiger charge is 2.05. The van der Waals surface area contributed by atoms with Crippen LogP contribution in [-0.4, -0.2) is 24.9 Å². The molecular formula is C14H15ClN2O2. The van der Waals surface area contributed by atoms with Gasteiger partial charge in [-0.15, -0.1) is 6.42 Å². The van der Waals surface area contributed by atoms with Crippen molar-refractivity contribution >= 4 is 23.4 Å². The van der Waals surface area contributed by atoms with Crippen molar-refractivity contribution in [3.63, 3.8) is 0 Å². The first-order chi connectivity index (χ1) is 9.13. The molecule has 0 aliphatic rings. The summed E-state index contributed by atoms with van der Waals surface area (Å²) >= 11 is 5.73. The molecule has 0 saturated carbocycles. The van der Waals surface area contributed by atoms with Gasteiger partial charge in [0, 0.05) is 23.6 Å². The van der Waals surface area contributed by atoms with E-state index in [0.717, 1.165) is 0 Å². The predicted molar refractivity (Wildman–Crippen MR) is 74.9 cm³/mol. The van der Waals surface area contributed by atoms with Gasteiger partial charge < -0.3 is 10.6 Å². The lowest BCUT2D eigenvalue weighted by atomic mass is 10.2. The fourth-order valence-corrected chi connectivity index (χ4v) is 1.52. The van der Waals surface area contributed by atoms with Crippen molar-refractivity contribution in [1.29, 1.82) is 0 Å². The maximum Gasteiger partial charge on any atom is 0.251 e. The number of nitrogens with one attached hydrogen (secondary N) is 2. The van der Waals surface area contributed by atoms with Crippen LogP contribution >= 0.6 is 11.6 Å². The van der Waals surface area contributed by atoms with E-state index < -0.39 is 0 Å². The fourth-order valence-electron chi connectivity index (χ4n) is 1.39. The van der Waals surface area contributed by atoms with Crippen LogP contribution in [0.3, 0.4) is 0 Å². The Balaban J connectivity index is 2.23. The van der Waals surface area contributed by atoms with Crippen LogP contribution in [0.15, 0.2) is 24.3 Å². The highest BCUT2D eigenvalue weighted by atomic mass is 35.5. The average Bonchev–Trinajstić information content (AvgIpc) is 2.41. The van der Waals surface area contributed by atoms with Crippen molar-refractivity contribution in [2.75, 3.05) is 13.1 Å². The number of carbonyl (C=O) groups excluding carboxylic acids is 2. The quantitative estimate of drug-likeness (QED) is 0.613. The number of rotatable bonds is 6. The summed E-state index contributed by atoms with van der Waals surface area (Å²) in [7, 11) is 0. The first-order valence-electron chi connectivity index (χ1n) is 5.87. The van der Waals surface area contributed by atoms with E-state index in [2.05, 4.69) is 16.6 Å². The third kappa shape index (κ3) is 5.94. The van der Waals surface area contributed by atoms with Gasteiger partial charge in [-0.05, 0) is 30.7 Å². The molecule has 5 heteroatoms. The Morgan fingerprint density at radius 2 is 1.89 bits per heavy atom. The van der Waals surface area contributed by atoms with Crippen LogP contribution in [0.25, 0.3) is 0 Å². The van der Waals surface area contributed by atoms with Gasteiger partial charge in [-0.1, -0.05) is 17.5 Å². The number of carbonyl (C=O) groups is 2. The Hall–Kier alpha value is -1.99. The second-order valence-corrected chi connectivity index (χ2v) is 4.28. The topological polar surface area (TPSA) is 58.2 Å². The molecule has 1 aromatic carbocycles. The van der Waals surface area contributed by atoms with E-state index in [4.69, 9.17) is 18.0 Å². The lowest BCUT2D eigenvalue weighted by molar-refractivity contribution is -0.120. The SMILES string of the molecule is C#CCNC(=O)CCCNC(=O)c1ccc(Cl)cc1. The van der Waals surface area contributed by atoms with Gasteiger partial charge in [0.05, 0.1) is 6.54 Å². The highest BCUT2D eigenvalue weighted by Crippen LogP contribution is 2.09. The Kier molecular flexibility index (Phi) is 6.48. The Bertz CT molecular complexity index is 477. The van der Waals surface area contributed by atoms with Gasteiger partial charge >= 0.3 is 0 Å². The minimum atomic E-state index is -0.180. The predicted octanol–water partition coefficient (Wildman–Crippen LogP) is 1.60. The summed E-state index contributed by atoms with van der Waals surface area (Å²) in [5, 5.41) is 5.87. The second-order valence-electron chi connectivity index (χ2n) is 3.85. The van der Waals surface area contributed by atoms with Crippen molar-refractivity contribution < 1.29 is 9.59 Å². The molecule has 0 aromatic heterocycles. The fraction of sp³-hybridized carbons (Fsp3) is 0.286. The third-order valence-electron chi connectivity index (χ3n) is 2.36. The van der Waals surface area contributed by atoms with Gasteiger partial charge in [0.15, 0.2) is 0 Å². The zero-order chi connectivity index (χ0) is 14.1. The lowest BCUT2D eigenvalue weighted by Crippen LogP contribution is -2.27. The van der Waals surface area contributed by atoms with Crippen LogP contribution in [0.2, 0.25) is 5.02 Å². The van der Waals surface area contributed by atoms with Crippen LogP contribution < -0.4 is 10.6 Å². The van der Waals surface area contributed by atoms with E-state index in [1.54, 1.807) is 24.3 Å². The molecule has 2 amide bonds. The van der Waals surface area contributed by atoms with Crippen LogP contribution in [0.5, 0.6) is 0 Å². The summed E-state index contributed by atoms with van der Waals surface area (Å²) in [6, 6.07) is 6.61. The maximum absolute atomic E-state index is 11.7. The largest absolute Gasteiger partial charge is 0.352 e. The van der Waals surface area contributed by atoms with Gasteiger partial charge in [0.1, 0.15) is 0 Å². The molecule has 100 valence electrons. The number of hydrogen-bond donors (Lipinski definition) is 2. The van der Waals surface area contributed by atoms with Crippen LogP contribution in [0.1, 0.15) is 23.2 Å². The molecule has 0 saturated heterocycles. The van der Waals surface area contributed by atoms with Crippen LogP contribution in [0, 0.1) is 12.3 Å². The monoisotopic (exact) mass is 278 g/mol. The van der Waals surface area contributed by atoms with Crippen molar-refractivity contribution in [2.45, 2.75) is 12.8 Å². The smallest absolute Gasteiger partial charge is 0.251 e. The number of amides is 2. The van der Waals surface area contributed by atoms with E-state index in [9.17, 15) is 9.59 Å². The molecule has 0 atom stereocenters. The van der Waals surface area contributed by atoms with Crippen LogP contribution in [0.4, 0.5) is 0 Å². The molecule has 0 unspecified atom stereocenters. The molecule has 0 heterocycles. The minimum absolute atomic E-state index is 0.112. The summed E-state index contributed by atoms with van der Waals surface area (Å²) < 4.78 is 0. The Morgan fingerprint density at radius 1 is 1.21 bits per heavy atom. The summed E-state index contributed by atoms with van der Waals surface area (Å²) in [6.07, 6.45) is 5.92. The van der Waals surface area contributed by atoms with Crippen molar-refractivity contribution in [3.8, 4) is 12.3 Å². The Morgan fingerprint density at radius 3 is 2.53 bits per heavy atom. The first kappa shape index (κ1) is 15.1. The van der Waals surface area contributed by atoms with Crippen LogP contribution in [-0.2, 0) is 4.79 Å². The maximum atomic E-state index is 11.7. The molecule has 1 aromatic rings. The Labute approximate surface area is 117 Å². The minimum Gasteiger partial charge on any atom is -0.352 e. The highest BCUT2D eigenvalue weighted by molar-refractivity contribution is 6.30. The third-order valence-corrected chi connectivity index (χ3v) is 2.61. The van der Waals surface area contributed by atoms with E-state index in [1.807, 2.05) is 0 Å². The molecule has 0 spiro atoms. The standard InChI is InChI=1S/C14H15ClN2O2/c1-2-9-16-13(18)4-3-10-17-14(19)11-5-7-12(15)8-6-11/h1,5-8H,3-4,9-10H2,(H,16,18)(H,17,19). The summed E-state index contributed by atoms with van der Waals surface area (Å²) in [6.45, 7) is 0.668. The molecule has 19 heavy (non-hydrogen) atoms. The average molecular weight is 279 g/mol. The van der Waals surface area contributed by atoms with E-state index >= 15 is 0 Å². The van der Waals surface area contributed by atoms with Gasteiger partial charge in [-0.25, -0.2) is 0 Å².